The third kappa shape index (κ3) is 8.17. The minimum atomic E-state index is -0.634. The first-order valence-electron chi connectivity index (χ1n) is 9.13. The predicted octanol–water partition coefficient (Wildman–Crippen LogP) is -1.07. The quantitative estimate of drug-likeness (QED) is 0.319. The molecule has 0 aliphatic carbocycles. The molecule has 0 bridgehead atoms. The summed E-state index contributed by atoms with van der Waals surface area (Å²) in [7, 11) is 1.61. The van der Waals surface area contributed by atoms with Gasteiger partial charge in [-0.3, -0.25) is 25.2 Å². The molecule has 28 heavy (non-hydrogen) atoms. The van der Waals surface area contributed by atoms with Gasteiger partial charge in [0.25, 0.3) is 5.91 Å². The first kappa shape index (κ1) is 26.4. The van der Waals surface area contributed by atoms with E-state index in [-0.39, 0.29) is 55.6 Å². The molecule has 2 aliphatic rings. The number of carbonyl (C=O) groups is 2. The lowest BCUT2D eigenvalue weighted by Crippen LogP contribution is -2.59. The molecule has 2 amide bonds. The molecule has 0 fully saturated rings. The number of nitrogens with one attached hydrogen (secondary N) is 3. The molecule has 2 atom stereocenters. The number of hydrogen-bond donors (Lipinski definition) is 5. The number of rotatable bonds is 7. The number of nitrogens with two attached hydrogens (primary N) is 2. The van der Waals surface area contributed by atoms with Gasteiger partial charge in [-0.05, 0) is 25.8 Å². The average Bonchev–Trinajstić information content (AvgIpc) is 2.62. The van der Waals surface area contributed by atoms with E-state index in [1.54, 1.807) is 7.05 Å². The van der Waals surface area contributed by atoms with E-state index in [1.165, 1.54) is 4.90 Å². The van der Waals surface area contributed by atoms with Crippen LogP contribution in [-0.2, 0) is 9.59 Å². The van der Waals surface area contributed by atoms with Crippen molar-refractivity contribution in [3.05, 3.63) is 0 Å². The van der Waals surface area contributed by atoms with Crippen molar-refractivity contribution in [1.29, 1.82) is 0 Å². The summed E-state index contributed by atoms with van der Waals surface area (Å²) in [5.74, 6) is 0.516. The number of nitrogens with zero attached hydrogens (tertiary/aromatic N) is 3. The fraction of sp³-hybridized carbons (Fsp3) is 0.750. The van der Waals surface area contributed by atoms with Crippen molar-refractivity contribution >= 4 is 48.5 Å². The first-order valence-corrected chi connectivity index (χ1v) is 9.13. The molecule has 2 heterocycles. The number of hydrogen-bond acceptors (Lipinski definition) is 8. The molecule has 0 aromatic heterocycles. The van der Waals surface area contributed by atoms with E-state index in [0.29, 0.717) is 18.5 Å². The summed E-state index contributed by atoms with van der Waals surface area (Å²) in [6.07, 6.45) is 3.73. The van der Waals surface area contributed by atoms with E-state index in [9.17, 15) is 9.59 Å². The molecule has 0 saturated carbocycles. The fourth-order valence-electron chi connectivity index (χ4n) is 2.79. The summed E-state index contributed by atoms with van der Waals surface area (Å²) >= 11 is 0. The number of unbranched alkanes of at least 4 members (excludes halogenated alkanes) is 1. The van der Waals surface area contributed by atoms with Crippen LogP contribution < -0.4 is 27.4 Å². The molecule has 0 radical (unpaired) electrons. The van der Waals surface area contributed by atoms with Crippen molar-refractivity contribution in [2.45, 2.75) is 44.2 Å². The Hall–Kier alpha value is -1.62. The molecule has 0 saturated heterocycles. The van der Waals surface area contributed by atoms with Crippen molar-refractivity contribution in [1.82, 2.24) is 20.9 Å². The molecule has 12 heteroatoms. The Kier molecular flexibility index (Phi) is 12.8. The van der Waals surface area contributed by atoms with Crippen molar-refractivity contribution < 1.29 is 9.59 Å². The summed E-state index contributed by atoms with van der Waals surface area (Å²) in [5.41, 5.74) is 11.5. The molecule has 1 unspecified atom stereocenters. The van der Waals surface area contributed by atoms with Crippen LogP contribution in [0, 0.1) is 0 Å². The Labute approximate surface area is 178 Å². The normalized spacial score (nSPS) is 19.5. The van der Waals surface area contributed by atoms with Gasteiger partial charge in [0, 0.05) is 32.6 Å². The van der Waals surface area contributed by atoms with Crippen molar-refractivity contribution in [2.24, 2.45) is 21.5 Å². The summed E-state index contributed by atoms with van der Waals surface area (Å²) in [6, 6.07) is -0.857. The van der Waals surface area contributed by atoms with Crippen LogP contribution in [0.5, 0.6) is 0 Å². The highest BCUT2D eigenvalue weighted by Crippen LogP contribution is 2.08. The molecule has 7 N–H and O–H groups in total. The van der Waals surface area contributed by atoms with Gasteiger partial charge in [0.15, 0.2) is 5.96 Å². The Morgan fingerprint density at radius 1 is 1.32 bits per heavy atom. The number of likely N-dealkylation sites (N-methyl/N-ethyl adjacent to an activating group) is 1. The molecule has 0 aromatic carbocycles. The number of aliphatic imine (C=N–C) groups is 2. The second kappa shape index (κ2) is 13.5. The van der Waals surface area contributed by atoms with Gasteiger partial charge in [-0.2, -0.15) is 0 Å². The van der Waals surface area contributed by atoms with Crippen molar-refractivity contribution in [3.8, 4) is 0 Å². The zero-order chi connectivity index (χ0) is 18.9. The maximum atomic E-state index is 12.4. The van der Waals surface area contributed by atoms with Crippen LogP contribution >= 0.6 is 24.8 Å². The summed E-state index contributed by atoms with van der Waals surface area (Å²) in [5, 5.41) is 8.74. The highest BCUT2D eigenvalue weighted by Gasteiger charge is 2.31. The molecule has 0 spiro atoms. The topological polar surface area (TPSA) is 150 Å². The molecule has 0 aromatic rings. The maximum Gasteiger partial charge on any atom is 0.251 e. The van der Waals surface area contributed by atoms with Gasteiger partial charge >= 0.3 is 0 Å². The number of amides is 2. The monoisotopic (exact) mass is 438 g/mol. The second-order valence-electron chi connectivity index (χ2n) is 6.58. The van der Waals surface area contributed by atoms with Crippen LogP contribution in [0.2, 0.25) is 0 Å². The summed E-state index contributed by atoms with van der Waals surface area (Å²) < 4.78 is 0. The molecule has 2 aliphatic heterocycles. The third-order valence-corrected chi connectivity index (χ3v) is 4.43. The van der Waals surface area contributed by atoms with E-state index in [1.807, 2.05) is 0 Å². The Morgan fingerprint density at radius 3 is 2.68 bits per heavy atom. The molecule has 2 rings (SSSR count). The van der Waals surface area contributed by atoms with Gasteiger partial charge in [0.1, 0.15) is 6.04 Å². The first-order chi connectivity index (χ1) is 12.5. The molecular weight excluding hydrogens is 407 g/mol. The average molecular weight is 439 g/mol. The standard InChI is InChI=1S/C16H30N8O2.2ClH/c1-24(13(25)9-11(18)5-2-3-6-17)12-10-21-16(22-14(12)26)23-15-19-7-4-8-20-15;;/h11-12H,2-10,17-18H2,1H3,(H3,19,20,21,22,23,26);2*1H/t11-,12?;;/m0../s1. The summed E-state index contributed by atoms with van der Waals surface area (Å²) in [4.78, 5) is 34.7. The smallest absolute Gasteiger partial charge is 0.251 e. The van der Waals surface area contributed by atoms with Crippen molar-refractivity contribution in [2.75, 3.05) is 33.2 Å². The van der Waals surface area contributed by atoms with Gasteiger partial charge in [0.05, 0.1) is 6.54 Å². The van der Waals surface area contributed by atoms with Gasteiger partial charge < -0.3 is 21.7 Å². The molecular formula is C16H32Cl2N8O2. The van der Waals surface area contributed by atoms with E-state index in [4.69, 9.17) is 11.5 Å². The van der Waals surface area contributed by atoms with E-state index in [2.05, 4.69) is 25.9 Å². The van der Waals surface area contributed by atoms with Gasteiger partial charge in [-0.15, -0.1) is 24.8 Å². The highest BCUT2D eigenvalue weighted by atomic mass is 35.5. The van der Waals surface area contributed by atoms with E-state index < -0.39 is 6.04 Å². The Morgan fingerprint density at radius 2 is 2.07 bits per heavy atom. The van der Waals surface area contributed by atoms with Crippen LogP contribution in [0.15, 0.2) is 9.98 Å². The maximum absolute atomic E-state index is 12.4. The van der Waals surface area contributed by atoms with Crippen molar-refractivity contribution in [3.63, 3.8) is 0 Å². The lowest BCUT2D eigenvalue weighted by molar-refractivity contribution is -0.138. The number of guanidine groups is 2. The van der Waals surface area contributed by atoms with Gasteiger partial charge in [0.2, 0.25) is 11.9 Å². The van der Waals surface area contributed by atoms with E-state index in [0.717, 1.165) is 38.8 Å². The second-order valence-corrected chi connectivity index (χ2v) is 6.58. The minimum absolute atomic E-state index is 0. The summed E-state index contributed by atoms with van der Waals surface area (Å²) in [6.45, 7) is 2.39. The molecule has 10 nitrogen and oxygen atoms in total. The van der Waals surface area contributed by atoms with Crippen LogP contribution in [0.4, 0.5) is 0 Å². The lowest BCUT2D eigenvalue weighted by Gasteiger charge is -2.30. The third-order valence-electron chi connectivity index (χ3n) is 4.43. The predicted molar refractivity (Wildman–Crippen MR) is 115 cm³/mol. The van der Waals surface area contributed by atoms with Crippen LogP contribution in [0.3, 0.4) is 0 Å². The van der Waals surface area contributed by atoms with Gasteiger partial charge in [-0.25, -0.2) is 4.99 Å². The Balaban J connectivity index is 0.00000364. The minimum Gasteiger partial charge on any atom is -0.356 e. The van der Waals surface area contributed by atoms with Crippen LogP contribution in [-0.4, -0.2) is 73.9 Å². The zero-order valence-electron chi connectivity index (χ0n) is 16.1. The lowest BCUT2D eigenvalue weighted by atomic mass is 10.1. The fourth-order valence-corrected chi connectivity index (χ4v) is 2.79. The zero-order valence-corrected chi connectivity index (χ0v) is 17.8. The largest absolute Gasteiger partial charge is 0.356 e. The van der Waals surface area contributed by atoms with Crippen LogP contribution in [0.25, 0.3) is 0 Å². The van der Waals surface area contributed by atoms with E-state index >= 15 is 0 Å². The van der Waals surface area contributed by atoms with Crippen LogP contribution in [0.1, 0.15) is 32.1 Å². The SMILES string of the molecule is CN(C(=O)C[C@@H](N)CCCCN)C1CN=C(NC2=NCCCN2)NC1=O.Cl.Cl. The van der Waals surface area contributed by atoms with Gasteiger partial charge in [-0.1, -0.05) is 6.42 Å². The highest BCUT2D eigenvalue weighted by molar-refractivity contribution is 6.08. The Bertz CT molecular complexity index is 573. The number of halogens is 2. The number of carbonyl (C=O) groups excluding carboxylic acids is 2. The molecule has 162 valence electrons.